The first-order chi connectivity index (χ1) is 11.6. The van der Waals surface area contributed by atoms with Gasteiger partial charge < -0.3 is 20.5 Å². The molecule has 0 saturated heterocycles. The van der Waals surface area contributed by atoms with Crippen molar-refractivity contribution >= 4 is 23.7 Å². The van der Waals surface area contributed by atoms with Gasteiger partial charge in [-0.1, -0.05) is 0 Å². The predicted molar refractivity (Wildman–Crippen MR) is 89.9 cm³/mol. The second kappa shape index (κ2) is 9.00. The van der Waals surface area contributed by atoms with Gasteiger partial charge in [0, 0.05) is 12.6 Å². The highest BCUT2D eigenvalue weighted by Crippen LogP contribution is 2.21. The lowest BCUT2D eigenvalue weighted by atomic mass is 9.99. The van der Waals surface area contributed by atoms with Crippen LogP contribution >= 0.6 is 0 Å². The Morgan fingerprint density at radius 3 is 2.44 bits per heavy atom. The van der Waals surface area contributed by atoms with Crippen LogP contribution in [-0.4, -0.2) is 35.2 Å². The highest BCUT2D eigenvalue weighted by molar-refractivity contribution is 5.88. The zero-order chi connectivity index (χ0) is 19.1. The van der Waals surface area contributed by atoms with Gasteiger partial charge in [-0.15, -0.1) is 0 Å². The van der Waals surface area contributed by atoms with Crippen LogP contribution < -0.4 is 10.6 Å². The maximum atomic E-state index is 14.0. The van der Waals surface area contributed by atoms with Crippen molar-refractivity contribution in [2.45, 2.75) is 52.7 Å². The number of benzene rings is 1. The highest BCUT2D eigenvalue weighted by atomic mass is 19.1. The maximum absolute atomic E-state index is 14.0. The largest absolute Gasteiger partial charge is 0.480 e. The van der Waals surface area contributed by atoms with Gasteiger partial charge in [0.2, 0.25) is 5.91 Å². The Balaban J connectivity index is 2.85. The Bertz CT molecular complexity index is 661. The van der Waals surface area contributed by atoms with Crippen molar-refractivity contribution in [3.63, 3.8) is 0 Å². The van der Waals surface area contributed by atoms with Gasteiger partial charge in [0.1, 0.15) is 11.9 Å². The number of aryl methyl sites for hydroxylation is 1. The van der Waals surface area contributed by atoms with E-state index in [1.807, 2.05) is 0 Å². The van der Waals surface area contributed by atoms with Gasteiger partial charge in [-0.3, -0.25) is 4.79 Å². The average Bonchev–Trinajstić information content (AvgIpc) is 2.46. The summed E-state index contributed by atoms with van der Waals surface area (Å²) < 4.78 is 18.8. The molecule has 0 aromatic heterocycles. The molecule has 3 N–H and O–H groups in total. The Hall–Kier alpha value is -2.64. The normalized spacial score (nSPS) is 11.8. The van der Waals surface area contributed by atoms with E-state index in [1.165, 1.54) is 13.0 Å². The fourth-order valence-electron chi connectivity index (χ4n) is 2.22. The number of halogens is 1. The Morgan fingerprint density at radius 2 is 1.92 bits per heavy atom. The maximum Gasteiger partial charge on any atom is 0.408 e. The molecule has 25 heavy (non-hydrogen) atoms. The highest BCUT2D eigenvalue weighted by Gasteiger charge is 2.22. The number of rotatable bonds is 7. The first-order valence-corrected chi connectivity index (χ1v) is 7.86. The van der Waals surface area contributed by atoms with Crippen molar-refractivity contribution in [3.8, 4) is 0 Å². The summed E-state index contributed by atoms with van der Waals surface area (Å²) in [5, 5.41) is 14.0. The zero-order valence-corrected chi connectivity index (χ0v) is 14.7. The van der Waals surface area contributed by atoms with Gasteiger partial charge >= 0.3 is 12.1 Å². The molecule has 1 rings (SSSR count). The minimum Gasteiger partial charge on any atom is -0.480 e. The molecule has 1 aromatic rings. The summed E-state index contributed by atoms with van der Waals surface area (Å²) >= 11 is 0. The number of aliphatic carboxylic acids is 1. The molecule has 0 bridgehead atoms. The van der Waals surface area contributed by atoms with E-state index in [4.69, 9.17) is 4.74 Å². The number of ether oxygens (including phenoxy) is 1. The lowest BCUT2D eigenvalue weighted by Gasteiger charge is -2.17. The van der Waals surface area contributed by atoms with E-state index >= 15 is 0 Å². The smallest absolute Gasteiger partial charge is 0.408 e. The number of amides is 2. The van der Waals surface area contributed by atoms with Gasteiger partial charge in [0.05, 0.1) is 6.10 Å². The second-order valence-corrected chi connectivity index (χ2v) is 5.95. The van der Waals surface area contributed by atoms with Crippen molar-refractivity contribution in [1.82, 2.24) is 5.32 Å². The van der Waals surface area contributed by atoms with Crippen LogP contribution in [0.2, 0.25) is 0 Å². The first kappa shape index (κ1) is 20.4. The average molecular weight is 354 g/mol. The van der Waals surface area contributed by atoms with Crippen LogP contribution in [0.3, 0.4) is 0 Å². The van der Waals surface area contributed by atoms with Crippen LogP contribution in [-0.2, 0) is 20.7 Å². The van der Waals surface area contributed by atoms with E-state index < -0.39 is 23.9 Å². The van der Waals surface area contributed by atoms with E-state index in [0.717, 1.165) is 0 Å². The first-order valence-electron chi connectivity index (χ1n) is 7.86. The van der Waals surface area contributed by atoms with Crippen LogP contribution in [0.1, 0.15) is 38.3 Å². The lowest BCUT2D eigenvalue weighted by Crippen LogP contribution is -2.42. The van der Waals surface area contributed by atoms with E-state index in [9.17, 15) is 23.9 Å². The molecule has 0 fully saturated rings. The van der Waals surface area contributed by atoms with Crippen molar-refractivity contribution in [1.29, 1.82) is 0 Å². The number of alkyl carbamates (subject to hydrolysis) is 1. The van der Waals surface area contributed by atoms with Crippen molar-refractivity contribution < 1.29 is 28.6 Å². The second-order valence-electron chi connectivity index (χ2n) is 5.95. The number of carbonyl (C=O) groups is 3. The van der Waals surface area contributed by atoms with E-state index in [-0.39, 0.29) is 24.9 Å². The molecule has 138 valence electrons. The third-order valence-electron chi connectivity index (χ3n) is 3.41. The fourth-order valence-corrected chi connectivity index (χ4v) is 2.22. The number of nitrogens with one attached hydrogen (secondary N) is 2. The van der Waals surface area contributed by atoms with E-state index in [0.29, 0.717) is 16.8 Å². The van der Waals surface area contributed by atoms with Crippen molar-refractivity contribution in [2.75, 3.05) is 5.32 Å². The minimum absolute atomic E-state index is 0.0479. The SMILES string of the molecule is CC(=O)Nc1cc(F)c(C)c(CCC(NC(=O)OC(C)C)C(=O)O)c1. The molecular weight excluding hydrogens is 331 g/mol. The van der Waals surface area contributed by atoms with Gasteiger partial charge in [0.25, 0.3) is 0 Å². The third kappa shape index (κ3) is 6.78. The van der Waals surface area contributed by atoms with Crippen LogP contribution in [0.25, 0.3) is 0 Å². The summed E-state index contributed by atoms with van der Waals surface area (Å²) in [5.74, 6) is -2.05. The van der Waals surface area contributed by atoms with Gasteiger partial charge in [-0.25, -0.2) is 14.0 Å². The minimum atomic E-state index is -1.21. The van der Waals surface area contributed by atoms with Crippen LogP contribution in [0.15, 0.2) is 12.1 Å². The molecule has 1 atom stereocenters. The number of carboxylic acid groups (broad SMARTS) is 1. The summed E-state index contributed by atoms with van der Waals surface area (Å²) in [6.07, 6.45) is -0.945. The summed E-state index contributed by atoms with van der Waals surface area (Å²) in [6.45, 7) is 6.17. The lowest BCUT2D eigenvalue weighted by molar-refractivity contribution is -0.139. The number of carboxylic acids is 1. The van der Waals surface area contributed by atoms with Crippen molar-refractivity contribution in [2.24, 2.45) is 0 Å². The molecule has 0 spiro atoms. The monoisotopic (exact) mass is 354 g/mol. The summed E-state index contributed by atoms with van der Waals surface area (Å²) in [4.78, 5) is 34.0. The molecule has 8 heteroatoms. The molecule has 0 aliphatic heterocycles. The van der Waals surface area contributed by atoms with Crippen LogP contribution in [0.5, 0.6) is 0 Å². The molecule has 1 aromatic carbocycles. The molecular formula is C17H23FN2O5. The molecule has 1 unspecified atom stereocenters. The molecule has 2 amide bonds. The Kier molecular flexibility index (Phi) is 7.35. The molecule has 0 radical (unpaired) electrons. The standard InChI is InChI=1S/C17H23FN2O5/c1-9(2)25-17(24)20-15(16(22)23)6-5-12-7-13(19-11(4)21)8-14(18)10(12)3/h7-9,15H,5-6H2,1-4H3,(H,19,21)(H,20,24)(H,22,23). The number of carbonyl (C=O) groups excluding carboxylic acids is 2. The number of hydrogen-bond acceptors (Lipinski definition) is 4. The summed E-state index contributed by atoms with van der Waals surface area (Å²) in [6, 6.07) is 1.62. The van der Waals surface area contributed by atoms with Crippen LogP contribution in [0, 0.1) is 12.7 Å². The Labute approximate surface area is 145 Å². The number of anilines is 1. The molecule has 0 aliphatic rings. The van der Waals surface area contributed by atoms with Crippen LogP contribution in [0.4, 0.5) is 14.9 Å². The Morgan fingerprint density at radius 1 is 1.28 bits per heavy atom. The van der Waals surface area contributed by atoms with E-state index in [1.54, 1.807) is 26.8 Å². The van der Waals surface area contributed by atoms with Crippen molar-refractivity contribution in [3.05, 3.63) is 29.1 Å². The van der Waals surface area contributed by atoms with E-state index in [2.05, 4.69) is 10.6 Å². The fraction of sp³-hybridized carbons (Fsp3) is 0.471. The van der Waals surface area contributed by atoms with Gasteiger partial charge in [-0.2, -0.15) is 0 Å². The summed E-state index contributed by atoms with van der Waals surface area (Å²) in [7, 11) is 0. The predicted octanol–water partition coefficient (Wildman–Crippen LogP) is 2.61. The zero-order valence-electron chi connectivity index (χ0n) is 14.7. The third-order valence-corrected chi connectivity index (χ3v) is 3.41. The summed E-state index contributed by atoms with van der Waals surface area (Å²) in [5.41, 5.74) is 1.21. The number of hydrogen-bond donors (Lipinski definition) is 3. The van der Waals surface area contributed by atoms with Gasteiger partial charge in [0.15, 0.2) is 0 Å². The molecule has 0 heterocycles. The quantitative estimate of drug-likeness (QED) is 0.698. The topological polar surface area (TPSA) is 105 Å². The molecule has 7 nitrogen and oxygen atoms in total. The van der Waals surface area contributed by atoms with Gasteiger partial charge in [-0.05, 0) is 56.9 Å². The molecule has 0 saturated carbocycles. The molecule has 0 aliphatic carbocycles.